The molecule has 8 nitrogen and oxygen atoms in total. The molecule has 1 aliphatic rings. The van der Waals surface area contributed by atoms with Gasteiger partial charge in [-0.3, -0.25) is 9.89 Å². The number of carbonyl (C=O) groups is 1. The van der Waals surface area contributed by atoms with Gasteiger partial charge in [0.05, 0.1) is 19.3 Å². The molecule has 2 aromatic heterocycles. The molecule has 0 aliphatic carbocycles. The Labute approximate surface area is 168 Å². The highest BCUT2D eigenvalue weighted by Crippen LogP contribution is 2.28. The molecule has 0 bridgehead atoms. The van der Waals surface area contributed by atoms with Gasteiger partial charge in [0, 0.05) is 29.9 Å². The molecular formula is C21H23N5O3. The first-order chi connectivity index (χ1) is 14.0. The lowest BCUT2D eigenvalue weighted by atomic mass is 10.1. The summed E-state index contributed by atoms with van der Waals surface area (Å²) < 4.78 is 11.3. The summed E-state index contributed by atoms with van der Waals surface area (Å²) in [4.78, 5) is 23.3. The maximum Gasteiger partial charge on any atom is 0.317 e. The van der Waals surface area contributed by atoms with Gasteiger partial charge in [0.2, 0.25) is 0 Å². The molecule has 0 radical (unpaired) electrons. The van der Waals surface area contributed by atoms with Crippen LogP contribution in [0.1, 0.15) is 28.3 Å². The van der Waals surface area contributed by atoms with Crippen LogP contribution in [0.25, 0.3) is 11.3 Å². The summed E-state index contributed by atoms with van der Waals surface area (Å²) in [5.74, 6) is 0.604. The van der Waals surface area contributed by atoms with E-state index in [0.29, 0.717) is 36.2 Å². The summed E-state index contributed by atoms with van der Waals surface area (Å²) in [6, 6.07) is 11.6. The number of likely N-dealkylation sites (tertiary alicyclic amines) is 1. The van der Waals surface area contributed by atoms with Crippen molar-refractivity contribution in [3.05, 3.63) is 53.5 Å². The quantitative estimate of drug-likeness (QED) is 0.716. The Morgan fingerprint density at radius 3 is 2.69 bits per heavy atom. The summed E-state index contributed by atoms with van der Waals surface area (Å²) >= 11 is 0. The molecule has 4 rings (SSSR count). The standard InChI is InChI=1S/C21H23N5O3/c1-13-10-14(2)23-21(22-13)29-15-8-9-26(12-15)20(27)18-11-17(24-25-18)16-6-4-5-7-19(16)28-3/h4-7,10-11,15H,8-9,12H2,1-3H3,(H,24,25)/t15-/m1/s1. The van der Waals surface area contributed by atoms with Crippen LogP contribution in [-0.2, 0) is 0 Å². The lowest BCUT2D eigenvalue weighted by Crippen LogP contribution is -2.31. The fraction of sp³-hybridized carbons (Fsp3) is 0.333. The molecule has 8 heteroatoms. The number of para-hydroxylation sites is 1. The van der Waals surface area contributed by atoms with Gasteiger partial charge < -0.3 is 14.4 Å². The van der Waals surface area contributed by atoms with Crippen LogP contribution < -0.4 is 9.47 Å². The topological polar surface area (TPSA) is 93.2 Å². The van der Waals surface area contributed by atoms with Crippen LogP contribution >= 0.6 is 0 Å². The molecule has 1 atom stereocenters. The first-order valence-corrected chi connectivity index (χ1v) is 9.50. The van der Waals surface area contributed by atoms with Crippen LogP contribution in [0.2, 0.25) is 0 Å². The van der Waals surface area contributed by atoms with E-state index in [-0.39, 0.29) is 12.0 Å². The summed E-state index contributed by atoms with van der Waals surface area (Å²) in [6.45, 7) is 4.91. The van der Waals surface area contributed by atoms with Gasteiger partial charge in [-0.25, -0.2) is 9.97 Å². The van der Waals surface area contributed by atoms with Gasteiger partial charge >= 0.3 is 6.01 Å². The molecule has 29 heavy (non-hydrogen) atoms. The number of aromatic amines is 1. The highest BCUT2D eigenvalue weighted by Gasteiger charge is 2.30. The number of H-pyrrole nitrogens is 1. The minimum Gasteiger partial charge on any atom is -0.496 e. The molecule has 0 saturated carbocycles. The number of hydrogen-bond acceptors (Lipinski definition) is 6. The zero-order chi connectivity index (χ0) is 20.4. The van der Waals surface area contributed by atoms with Crippen LogP contribution in [0.3, 0.4) is 0 Å². The number of benzene rings is 1. The van der Waals surface area contributed by atoms with Gasteiger partial charge in [-0.15, -0.1) is 0 Å². The van der Waals surface area contributed by atoms with E-state index in [0.717, 1.165) is 23.4 Å². The van der Waals surface area contributed by atoms with Crippen molar-refractivity contribution in [2.24, 2.45) is 0 Å². The summed E-state index contributed by atoms with van der Waals surface area (Å²) in [7, 11) is 1.61. The van der Waals surface area contributed by atoms with Crippen molar-refractivity contribution in [3.63, 3.8) is 0 Å². The van der Waals surface area contributed by atoms with E-state index in [1.165, 1.54) is 0 Å². The van der Waals surface area contributed by atoms with Crippen molar-refractivity contribution in [2.45, 2.75) is 26.4 Å². The van der Waals surface area contributed by atoms with E-state index >= 15 is 0 Å². The lowest BCUT2D eigenvalue weighted by molar-refractivity contribution is 0.0763. The summed E-state index contributed by atoms with van der Waals surface area (Å²) in [6.07, 6.45) is 0.604. The van der Waals surface area contributed by atoms with E-state index in [9.17, 15) is 4.79 Å². The number of hydrogen-bond donors (Lipinski definition) is 1. The van der Waals surface area contributed by atoms with Gasteiger partial charge in [-0.1, -0.05) is 12.1 Å². The highest BCUT2D eigenvalue weighted by atomic mass is 16.5. The second kappa shape index (κ2) is 7.90. The van der Waals surface area contributed by atoms with E-state index in [1.807, 2.05) is 44.2 Å². The molecular weight excluding hydrogens is 370 g/mol. The molecule has 1 saturated heterocycles. The first kappa shape index (κ1) is 18.9. The van der Waals surface area contributed by atoms with Crippen LogP contribution in [0.4, 0.5) is 0 Å². The van der Waals surface area contributed by atoms with Gasteiger partial charge in [0.25, 0.3) is 5.91 Å². The van der Waals surface area contributed by atoms with Crippen LogP contribution in [0.5, 0.6) is 11.8 Å². The van der Waals surface area contributed by atoms with Crippen LogP contribution in [0.15, 0.2) is 36.4 Å². The molecule has 1 aromatic carbocycles. The average molecular weight is 393 g/mol. The minimum absolute atomic E-state index is 0.105. The number of methoxy groups -OCH3 is 1. The largest absolute Gasteiger partial charge is 0.496 e. The lowest BCUT2D eigenvalue weighted by Gasteiger charge is -2.16. The fourth-order valence-corrected chi connectivity index (χ4v) is 3.50. The maximum absolute atomic E-state index is 12.9. The highest BCUT2D eigenvalue weighted by molar-refractivity contribution is 5.93. The second-order valence-electron chi connectivity index (χ2n) is 7.08. The third kappa shape index (κ3) is 4.06. The Balaban J connectivity index is 1.44. The van der Waals surface area contributed by atoms with Crippen molar-refractivity contribution in [1.29, 1.82) is 0 Å². The molecule has 150 valence electrons. The van der Waals surface area contributed by atoms with Gasteiger partial charge in [0.1, 0.15) is 17.5 Å². The molecule has 3 aromatic rings. The fourth-order valence-electron chi connectivity index (χ4n) is 3.50. The molecule has 3 heterocycles. The predicted molar refractivity (Wildman–Crippen MR) is 107 cm³/mol. The Morgan fingerprint density at radius 1 is 1.17 bits per heavy atom. The van der Waals surface area contributed by atoms with Gasteiger partial charge in [0.15, 0.2) is 0 Å². The van der Waals surface area contributed by atoms with Crippen LogP contribution in [0, 0.1) is 13.8 Å². The SMILES string of the molecule is COc1ccccc1-c1cc(C(=O)N2CC[C@@H](Oc3nc(C)cc(C)n3)C2)[nH]n1. The van der Waals surface area contributed by atoms with Gasteiger partial charge in [-0.05, 0) is 38.1 Å². The minimum atomic E-state index is -0.128. The van der Waals surface area contributed by atoms with E-state index in [1.54, 1.807) is 18.1 Å². The molecule has 1 amide bonds. The Kier molecular flexibility index (Phi) is 5.16. The number of rotatable bonds is 5. The summed E-state index contributed by atoms with van der Waals surface area (Å²) in [5, 5.41) is 7.14. The van der Waals surface area contributed by atoms with E-state index in [4.69, 9.17) is 9.47 Å². The number of amides is 1. The van der Waals surface area contributed by atoms with Crippen molar-refractivity contribution in [2.75, 3.05) is 20.2 Å². The third-order valence-corrected chi connectivity index (χ3v) is 4.86. The Hall–Kier alpha value is -3.42. The number of ether oxygens (including phenoxy) is 2. The predicted octanol–water partition coefficient (Wildman–Crippen LogP) is 2.79. The molecule has 1 N–H and O–H groups in total. The number of nitrogens with one attached hydrogen (secondary N) is 1. The molecule has 1 aliphatic heterocycles. The number of carbonyl (C=O) groups excluding carboxylic acids is 1. The van der Waals surface area contributed by atoms with Crippen molar-refractivity contribution in [3.8, 4) is 23.0 Å². The van der Waals surface area contributed by atoms with Crippen molar-refractivity contribution >= 4 is 5.91 Å². The second-order valence-corrected chi connectivity index (χ2v) is 7.08. The summed E-state index contributed by atoms with van der Waals surface area (Å²) in [5.41, 5.74) is 3.66. The molecule has 0 unspecified atom stereocenters. The Morgan fingerprint density at radius 2 is 1.93 bits per heavy atom. The first-order valence-electron chi connectivity index (χ1n) is 9.50. The number of aryl methyl sites for hydroxylation is 2. The number of nitrogens with zero attached hydrogens (tertiary/aromatic N) is 4. The Bertz CT molecular complexity index is 1010. The smallest absolute Gasteiger partial charge is 0.317 e. The average Bonchev–Trinajstić information content (AvgIpc) is 3.36. The van der Waals surface area contributed by atoms with E-state index < -0.39 is 0 Å². The zero-order valence-electron chi connectivity index (χ0n) is 16.7. The normalized spacial score (nSPS) is 16.1. The maximum atomic E-state index is 12.9. The zero-order valence-corrected chi connectivity index (χ0v) is 16.7. The van der Waals surface area contributed by atoms with Gasteiger partial charge in [-0.2, -0.15) is 5.10 Å². The van der Waals surface area contributed by atoms with Crippen molar-refractivity contribution < 1.29 is 14.3 Å². The van der Waals surface area contributed by atoms with E-state index in [2.05, 4.69) is 20.2 Å². The van der Waals surface area contributed by atoms with Crippen LogP contribution in [-0.4, -0.2) is 57.3 Å². The third-order valence-electron chi connectivity index (χ3n) is 4.86. The van der Waals surface area contributed by atoms with Crippen molar-refractivity contribution in [1.82, 2.24) is 25.1 Å². The molecule has 0 spiro atoms. The molecule has 1 fully saturated rings. The monoisotopic (exact) mass is 393 g/mol. The number of aromatic nitrogens is 4.